The maximum atomic E-state index is 11.8. The minimum absolute atomic E-state index is 0.325. The number of piperazine rings is 1. The smallest absolute Gasteiger partial charge is 0.211 e. The Kier molecular flexibility index (Phi) is 5.31. The number of hydrogen-bond donors (Lipinski definition) is 1. The van der Waals surface area contributed by atoms with Crippen LogP contribution in [0.4, 0.5) is 0 Å². The quantitative estimate of drug-likeness (QED) is 0.875. The molecule has 1 N–H and O–H groups in total. The van der Waals surface area contributed by atoms with E-state index in [2.05, 4.69) is 21.3 Å². The molecular formula is C16H26N4O2S. The molecule has 0 bridgehead atoms. The van der Waals surface area contributed by atoms with E-state index in [4.69, 9.17) is 0 Å². The normalized spacial score (nSPS) is 27.9. The van der Waals surface area contributed by atoms with Gasteiger partial charge in [-0.05, 0) is 30.4 Å². The van der Waals surface area contributed by atoms with Gasteiger partial charge >= 0.3 is 0 Å². The Hall–Kier alpha value is -1.02. The molecule has 2 aliphatic rings. The van der Waals surface area contributed by atoms with Crippen LogP contribution in [-0.4, -0.2) is 68.1 Å². The van der Waals surface area contributed by atoms with Crippen molar-refractivity contribution in [3.05, 3.63) is 30.1 Å². The molecule has 0 amide bonds. The summed E-state index contributed by atoms with van der Waals surface area (Å²) in [5.41, 5.74) is 1.23. The molecule has 23 heavy (non-hydrogen) atoms. The van der Waals surface area contributed by atoms with Crippen LogP contribution in [0.25, 0.3) is 0 Å². The van der Waals surface area contributed by atoms with Crippen molar-refractivity contribution >= 4 is 10.0 Å². The third-order valence-corrected chi connectivity index (χ3v) is 6.14. The fraction of sp³-hybridized carbons (Fsp3) is 0.688. The minimum Gasteiger partial charge on any atom is -0.314 e. The average molecular weight is 338 g/mol. The molecule has 1 aromatic rings. The lowest BCUT2D eigenvalue weighted by Crippen LogP contribution is -2.50. The van der Waals surface area contributed by atoms with Gasteiger partial charge in [-0.15, -0.1) is 0 Å². The van der Waals surface area contributed by atoms with Gasteiger partial charge in [0.05, 0.1) is 6.26 Å². The first kappa shape index (κ1) is 16.8. The van der Waals surface area contributed by atoms with Crippen LogP contribution in [0.2, 0.25) is 0 Å². The van der Waals surface area contributed by atoms with Gasteiger partial charge in [-0.25, -0.2) is 12.7 Å². The highest BCUT2D eigenvalue weighted by Gasteiger charge is 2.30. The SMILES string of the molecule is CS(=O)(=O)N1CCCC(CN2CCNCC2c2cccnc2)C1. The highest BCUT2D eigenvalue weighted by molar-refractivity contribution is 7.88. The Bertz CT molecular complexity index is 608. The molecule has 128 valence electrons. The van der Waals surface area contributed by atoms with Crippen molar-refractivity contribution < 1.29 is 8.42 Å². The first-order valence-electron chi connectivity index (χ1n) is 8.34. The van der Waals surface area contributed by atoms with Crippen LogP contribution >= 0.6 is 0 Å². The summed E-state index contributed by atoms with van der Waals surface area (Å²) in [6, 6.07) is 4.43. The molecule has 2 fully saturated rings. The van der Waals surface area contributed by atoms with Crippen molar-refractivity contribution in [3.63, 3.8) is 0 Å². The predicted molar refractivity (Wildman–Crippen MR) is 90.6 cm³/mol. The summed E-state index contributed by atoms with van der Waals surface area (Å²) in [6.45, 7) is 5.18. The van der Waals surface area contributed by atoms with E-state index in [9.17, 15) is 8.42 Å². The molecule has 3 rings (SSSR count). The molecule has 0 radical (unpaired) electrons. The van der Waals surface area contributed by atoms with E-state index in [0.717, 1.165) is 39.0 Å². The lowest BCUT2D eigenvalue weighted by atomic mass is 9.96. The van der Waals surface area contributed by atoms with Crippen LogP contribution in [0, 0.1) is 5.92 Å². The van der Waals surface area contributed by atoms with E-state index in [1.165, 1.54) is 11.8 Å². The third kappa shape index (κ3) is 4.29. The molecule has 2 unspecified atom stereocenters. The lowest BCUT2D eigenvalue weighted by Gasteiger charge is -2.40. The predicted octanol–water partition coefficient (Wildman–Crippen LogP) is 0.700. The molecule has 2 saturated heterocycles. The van der Waals surface area contributed by atoms with Gasteiger partial charge in [0, 0.05) is 57.7 Å². The number of rotatable bonds is 4. The second-order valence-electron chi connectivity index (χ2n) is 6.63. The maximum Gasteiger partial charge on any atom is 0.211 e. The summed E-state index contributed by atoms with van der Waals surface area (Å²) < 4.78 is 25.2. The largest absolute Gasteiger partial charge is 0.314 e. The Balaban J connectivity index is 1.67. The third-order valence-electron chi connectivity index (χ3n) is 4.87. The van der Waals surface area contributed by atoms with Crippen LogP contribution in [0.5, 0.6) is 0 Å². The number of nitrogens with one attached hydrogen (secondary N) is 1. The molecular weight excluding hydrogens is 312 g/mol. The monoisotopic (exact) mass is 338 g/mol. The van der Waals surface area contributed by atoms with Crippen LogP contribution in [0.15, 0.2) is 24.5 Å². The molecule has 2 aliphatic heterocycles. The van der Waals surface area contributed by atoms with Crippen molar-refractivity contribution in [2.45, 2.75) is 18.9 Å². The standard InChI is InChI=1S/C16H26N4O2S/c1-23(21,22)20-8-3-4-14(13-20)12-19-9-7-18-11-16(19)15-5-2-6-17-10-15/h2,5-6,10,14,16,18H,3-4,7-9,11-13H2,1H3. The van der Waals surface area contributed by atoms with Crippen molar-refractivity contribution in [3.8, 4) is 0 Å². The second-order valence-corrected chi connectivity index (χ2v) is 8.61. The molecule has 0 saturated carbocycles. The van der Waals surface area contributed by atoms with Gasteiger partial charge in [-0.1, -0.05) is 6.07 Å². The van der Waals surface area contributed by atoms with E-state index in [1.54, 1.807) is 10.5 Å². The number of pyridine rings is 1. The number of piperidine rings is 1. The fourth-order valence-electron chi connectivity index (χ4n) is 3.68. The lowest BCUT2D eigenvalue weighted by molar-refractivity contribution is 0.115. The van der Waals surface area contributed by atoms with E-state index in [-0.39, 0.29) is 0 Å². The Morgan fingerprint density at radius 1 is 1.39 bits per heavy atom. The Morgan fingerprint density at radius 3 is 3.00 bits per heavy atom. The number of nitrogens with zero attached hydrogens (tertiary/aromatic N) is 3. The van der Waals surface area contributed by atoms with Gasteiger partial charge in [-0.3, -0.25) is 9.88 Å². The summed E-state index contributed by atoms with van der Waals surface area (Å²) in [5, 5.41) is 3.46. The van der Waals surface area contributed by atoms with Crippen LogP contribution in [0.3, 0.4) is 0 Å². The fourth-order valence-corrected chi connectivity index (χ4v) is 4.62. The Labute approximate surface area is 138 Å². The molecule has 6 nitrogen and oxygen atoms in total. The first-order chi connectivity index (χ1) is 11.0. The highest BCUT2D eigenvalue weighted by Crippen LogP contribution is 2.26. The topological polar surface area (TPSA) is 65.5 Å². The average Bonchev–Trinajstić information content (AvgIpc) is 2.56. The first-order valence-corrected chi connectivity index (χ1v) is 10.2. The van der Waals surface area contributed by atoms with E-state index < -0.39 is 10.0 Å². The molecule has 1 aromatic heterocycles. The molecule has 3 heterocycles. The second kappa shape index (κ2) is 7.25. The van der Waals surface area contributed by atoms with Gasteiger partial charge in [0.2, 0.25) is 10.0 Å². The maximum absolute atomic E-state index is 11.8. The van der Waals surface area contributed by atoms with Crippen molar-refractivity contribution in [1.82, 2.24) is 19.5 Å². The van der Waals surface area contributed by atoms with Gasteiger partial charge in [0.25, 0.3) is 0 Å². The van der Waals surface area contributed by atoms with Crippen LogP contribution < -0.4 is 5.32 Å². The zero-order valence-electron chi connectivity index (χ0n) is 13.7. The van der Waals surface area contributed by atoms with Gasteiger partial charge < -0.3 is 5.32 Å². The molecule has 0 spiro atoms. The summed E-state index contributed by atoms with van der Waals surface area (Å²) >= 11 is 0. The molecule has 0 aromatic carbocycles. The highest BCUT2D eigenvalue weighted by atomic mass is 32.2. The van der Waals surface area contributed by atoms with Crippen molar-refractivity contribution in [1.29, 1.82) is 0 Å². The summed E-state index contributed by atoms with van der Waals surface area (Å²) in [7, 11) is -3.07. The van der Waals surface area contributed by atoms with Crippen molar-refractivity contribution in [2.24, 2.45) is 5.92 Å². The zero-order chi connectivity index (χ0) is 16.3. The van der Waals surface area contributed by atoms with Crippen LogP contribution in [0.1, 0.15) is 24.4 Å². The molecule has 2 atom stereocenters. The summed E-state index contributed by atoms with van der Waals surface area (Å²) in [6.07, 6.45) is 7.12. The number of hydrogen-bond acceptors (Lipinski definition) is 5. The van der Waals surface area contributed by atoms with E-state index >= 15 is 0 Å². The van der Waals surface area contributed by atoms with Gasteiger partial charge in [-0.2, -0.15) is 0 Å². The molecule has 0 aliphatic carbocycles. The van der Waals surface area contributed by atoms with Crippen molar-refractivity contribution in [2.75, 3.05) is 45.5 Å². The molecule has 7 heteroatoms. The van der Waals surface area contributed by atoms with E-state index in [1.807, 2.05) is 12.3 Å². The summed E-state index contributed by atoms with van der Waals surface area (Å²) in [5.74, 6) is 0.413. The van der Waals surface area contributed by atoms with Crippen LogP contribution in [-0.2, 0) is 10.0 Å². The van der Waals surface area contributed by atoms with Gasteiger partial charge in [0.15, 0.2) is 0 Å². The van der Waals surface area contributed by atoms with Gasteiger partial charge in [0.1, 0.15) is 0 Å². The zero-order valence-corrected chi connectivity index (χ0v) is 14.5. The van der Waals surface area contributed by atoms with E-state index in [0.29, 0.717) is 25.0 Å². The minimum atomic E-state index is -3.07. The Morgan fingerprint density at radius 2 is 2.26 bits per heavy atom. The number of aromatic nitrogens is 1. The number of sulfonamides is 1. The summed E-state index contributed by atoms with van der Waals surface area (Å²) in [4.78, 5) is 6.73.